The number of anilines is 1. The maximum atomic E-state index is 13.3. The molecule has 2 bridgehead atoms. The van der Waals surface area contributed by atoms with Gasteiger partial charge in [-0.2, -0.15) is 9.29 Å². The van der Waals surface area contributed by atoms with E-state index in [-0.39, 0.29) is 18.7 Å². The fourth-order valence-electron chi connectivity index (χ4n) is 7.85. The first-order chi connectivity index (χ1) is 34.9. The Hall–Kier alpha value is -3.92. The van der Waals surface area contributed by atoms with E-state index in [1.807, 2.05) is 6.92 Å². The summed E-state index contributed by atoms with van der Waals surface area (Å²) >= 11 is 0. The first-order valence-electron chi connectivity index (χ1n) is 25.2. The zero-order chi connectivity index (χ0) is 53.7. The van der Waals surface area contributed by atoms with E-state index in [0.717, 1.165) is 75.0 Å². The molecule has 1 aromatic heterocycles. The fraction of sp³-hybridized carbons (Fsp3) is 0.640. The van der Waals surface area contributed by atoms with Crippen molar-refractivity contribution in [1.82, 2.24) is 9.55 Å². The highest BCUT2D eigenvalue weighted by atomic mass is 31.3. The lowest BCUT2D eigenvalue weighted by Gasteiger charge is -2.40. The van der Waals surface area contributed by atoms with Gasteiger partial charge in [-0.05, 0) is 63.9 Å². The van der Waals surface area contributed by atoms with E-state index in [1.54, 1.807) is 0 Å². The second-order valence-electron chi connectivity index (χ2n) is 17.9. The zero-order valence-corrected chi connectivity index (χ0v) is 43.8. The number of phosphoric ester groups is 2. The number of phosphoric acid groups is 2. The molecular formula is C50H79N3O18P2. The number of hydrogen-bond acceptors (Lipinski definition) is 18. The van der Waals surface area contributed by atoms with Gasteiger partial charge in [-0.1, -0.05) is 119 Å². The summed E-state index contributed by atoms with van der Waals surface area (Å²) in [6.45, 7) is 1.29. The maximum absolute atomic E-state index is 13.3. The van der Waals surface area contributed by atoms with Crippen LogP contribution in [-0.4, -0.2) is 119 Å². The summed E-state index contributed by atoms with van der Waals surface area (Å²) < 4.78 is 58.5. The van der Waals surface area contributed by atoms with Gasteiger partial charge in [0.25, 0.3) is 0 Å². The van der Waals surface area contributed by atoms with Crippen LogP contribution in [0, 0.1) is 11.8 Å². The van der Waals surface area contributed by atoms with Crippen LogP contribution in [0.1, 0.15) is 129 Å². The highest BCUT2D eigenvalue weighted by molar-refractivity contribution is 7.61. The SMILES string of the molecule is CC/C=C\C/C=C\C/C=C\C/C=C\CCCCCCC(=O)OC[C@@H]1COP(=O)(O)OP(=O)(O)OC[C@H]2O[C@@H](n3ccc(N)nc3=O)[C@H](C/C=C\CC(=O)O1)[C@@H](O)C[C@@H](O)[C@H](/C=C/[C@H](O)CCCCC)[C@H](O)[C@@H]2O. The standard InChI is InChI=1S/C50H79N3O18P2/c1-3-5-7-8-9-10-11-12-13-14-15-16-17-18-19-20-22-27-45(57)66-34-38-35-67-72(62,63)71-73(64,65)68-36-43-48(60)47(59)39(30-29-37(54)25-21-6-4-2)41(55)33-42(56)40(26-23-24-28-46(58)69-38)49(70-43)53-32-31-44(51)52-50(53)61/h5,7,9-10,12-13,15-16,23-24,29-32,37-43,47-49,54-56,59-60H,3-4,6,8,11,14,17-22,25-28,33-36H2,1-2H3,(H,62,63)(H,64,65)(H2,51,52,61)/b7-5-,10-9-,13-12-,16-15-,24-23-,30-29+/t37-,38-,39+,40-,41-,42+,43-,47+,48-,49-/m1/s1. The number of unbranched alkanes of at least 4 members (excludes halogenated alkanes) is 6. The van der Waals surface area contributed by atoms with Crippen molar-refractivity contribution < 1.29 is 81.6 Å². The largest absolute Gasteiger partial charge is 0.481 e. The number of nitrogen functional groups attached to an aromatic ring is 1. The van der Waals surface area contributed by atoms with Crippen molar-refractivity contribution in [2.45, 2.75) is 172 Å². The lowest BCUT2D eigenvalue weighted by atomic mass is 9.82. The number of hydrogen-bond donors (Lipinski definition) is 8. The van der Waals surface area contributed by atoms with E-state index < -0.39 is 127 Å². The Morgan fingerprint density at radius 2 is 1.52 bits per heavy atom. The van der Waals surface area contributed by atoms with Crippen molar-refractivity contribution >= 4 is 33.4 Å². The lowest BCUT2D eigenvalue weighted by Crippen LogP contribution is -2.52. The maximum Gasteiger partial charge on any atom is 0.481 e. The van der Waals surface area contributed by atoms with Gasteiger partial charge in [0, 0.05) is 30.9 Å². The summed E-state index contributed by atoms with van der Waals surface area (Å²) in [6.07, 6.45) is 19.3. The zero-order valence-electron chi connectivity index (χ0n) is 42.0. The van der Waals surface area contributed by atoms with Crippen molar-refractivity contribution in [1.29, 1.82) is 0 Å². The van der Waals surface area contributed by atoms with Gasteiger partial charge in [0.1, 0.15) is 30.9 Å². The smallest absolute Gasteiger partial charge is 0.462 e. The van der Waals surface area contributed by atoms with E-state index in [4.69, 9.17) is 29.0 Å². The number of allylic oxidation sites excluding steroid dienone is 9. The number of aliphatic hydroxyl groups is 5. The minimum atomic E-state index is -5.70. The van der Waals surface area contributed by atoms with E-state index in [1.165, 1.54) is 30.4 Å². The molecule has 3 heterocycles. The van der Waals surface area contributed by atoms with Gasteiger partial charge in [0.05, 0.1) is 44.1 Å². The molecule has 12 atom stereocenters. The molecular weight excluding hydrogens is 993 g/mol. The molecule has 3 rings (SSSR count). The molecule has 0 aliphatic carbocycles. The van der Waals surface area contributed by atoms with Crippen LogP contribution in [0.2, 0.25) is 0 Å². The quantitative estimate of drug-likeness (QED) is 0.0251. The lowest BCUT2D eigenvalue weighted by molar-refractivity contribution is -0.194. The predicted octanol–water partition coefficient (Wildman–Crippen LogP) is 6.49. The monoisotopic (exact) mass is 1070 g/mol. The molecule has 1 fully saturated rings. The van der Waals surface area contributed by atoms with Crippen LogP contribution >= 0.6 is 15.6 Å². The Bertz CT molecular complexity index is 2130. The summed E-state index contributed by atoms with van der Waals surface area (Å²) in [4.78, 5) is 64.1. The summed E-state index contributed by atoms with van der Waals surface area (Å²) in [5.41, 5.74) is 4.73. The third kappa shape index (κ3) is 25.4. The molecule has 2 unspecified atom stereocenters. The number of rotatable bonds is 23. The molecule has 0 radical (unpaired) electrons. The fourth-order valence-corrected chi connectivity index (χ4v) is 9.96. The predicted molar refractivity (Wildman–Crippen MR) is 272 cm³/mol. The second-order valence-corrected chi connectivity index (χ2v) is 21.0. The number of fused-ring (bicyclic) bond motifs is 3. The van der Waals surface area contributed by atoms with Crippen LogP contribution in [0.3, 0.4) is 0 Å². The third-order valence-electron chi connectivity index (χ3n) is 11.9. The Balaban J connectivity index is 1.77. The first-order valence-corrected chi connectivity index (χ1v) is 28.2. The number of nitrogens with zero attached hydrogens (tertiary/aromatic N) is 2. The molecule has 9 N–H and O–H groups in total. The van der Waals surface area contributed by atoms with Gasteiger partial charge < -0.3 is 55.3 Å². The molecule has 0 aromatic carbocycles. The Labute approximate surface area is 428 Å². The Morgan fingerprint density at radius 1 is 0.863 bits per heavy atom. The highest BCUT2D eigenvalue weighted by Crippen LogP contribution is 2.60. The number of aromatic nitrogens is 2. The number of esters is 2. The minimum absolute atomic E-state index is 0.0283. The van der Waals surface area contributed by atoms with Gasteiger partial charge in [0.15, 0.2) is 6.10 Å². The molecule has 23 heteroatoms. The molecule has 21 nitrogen and oxygen atoms in total. The van der Waals surface area contributed by atoms with Crippen molar-refractivity contribution in [2.75, 3.05) is 25.6 Å². The summed E-state index contributed by atoms with van der Waals surface area (Å²) in [6, 6.07) is 1.22. The molecule has 1 aromatic rings. The van der Waals surface area contributed by atoms with Gasteiger partial charge in [-0.25, -0.2) is 13.9 Å². The van der Waals surface area contributed by atoms with E-state index in [2.05, 4.69) is 64.8 Å². The van der Waals surface area contributed by atoms with Gasteiger partial charge >= 0.3 is 33.3 Å². The number of aliphatic hydroxyl groups excluding tert-OH is 5. The van der Waals surface area contributed by atoms with Crippen LogP contribution in [0.15, 0.2) is 90.0 Å². The molecule has 1 saturated heterocycles. The van der Waals surface area contributed by atoms with E-state index >= 15 is 0 Å². The Morgan fingerprint density at radius 3 is 2.19 bits per heavy atom. The van der Waals surface area contributed by atoms with Crippen LogP contribution in [-0.2, 0) is 46.3 Å². The topological polar surface area (TPSA) is 326 Å². The number of cyclic esters (lactones) is 1. The normalized spacial score (nSPS) is 30.5. The van der Waals surface area contributed by atoms with Crippen LogP contribution in [0.25, 0.3) is 0 Å². The molecule has 73 heavy (non-hydrogen) atoms. The van der Waals surface area contributed by atoms with Crippen molar-refractivity contribution in [3.05, 3.63) is 95.7 Å². The highest BCUT2D eigenvalue weighted by Gasteiger charge is 2.45. The van der Waals surface area contributed by atoms with Gasteiger partial charge in [0.2, 0.25) is 0 Å². The molecule has 0 spiro atoms. The average Bonchev–Trinajstić information content (AvgIpc) is 3.33. The summed E-state index contributed by atoms with van der Waals surface area (Å²) in [7, 11) is -11.3. The van der Waals surface area contributed by atoms with E-state index in [9.17, 15) is 58.8 Å². The summed E-state index contributed by atoms with van der Waals surface area (Å²) in [5, 5.41) is 57.2. The van der Waals surface area contributed by atoms with Crippen LogP contribution in [0.4, 0.5) is 5.82 Å². The molecule has 2 aliphatic heterocycles. The summed E-state index contributed by atoms with van der Waals surface area (Å²) in [5.74, 6) is -4.47. The Kier molecular flexibility index (Phi) is 30.0. The molecule has 2 aliphatic rings. The molecule has 0 saturated carbocycles. The van der Waals surface area contributed by atoms with Gasteiger partial charge in [-0.3, -0.25) is 23.2 Å². The van der Waals surface area contributed by atoms with Crippen LogP contribution in [0.5, 0.6) is 0 Å². The van der Waals surface area contributed by atoms with Crippen molar-refractivity contribution in [2.24, 2.45) is 11.8 Å². The van der Waals surface area contributed by atoms with Gasteiger partial charge in [-0.15, -0.1) is 0 Å². The average molecular weight is 1070 g/mol. The minimum Gasteiger partial charge on any atom is -0.462 e. The number of nitrogens with two attached hydrogens (primary N) is 1. The second kappa shape index (κ2) is 34.6. The van der Waals surface area contributed by atoms with Crippen LogP contribution < -0.4 is 11.4 Å². The van der Waals surface area contributed by atoms with Crippen molar-refractivity contribution in [3.63, 3.8) is 0 Å². The molecule has 412 valence electrons. The number of ether oxygens (including phenoxy) is 3. The third-order valence-corrected chi connectivity index (χ3v) is 14.5. The first kappa shape index (κ1) is 63.4. The van der Waals surface area contributed by atoms with E-state index in [0.29, 0.717) is 19.3 Å². The number of carbonyl (C=O) groups is 2. The van der Waals surface area contributed by atoms with Crippen molar-refractivity contribution in [3.8, 4) is 0 Å². The molecule has 0 amide bonds. The number of carbonyl (C=O) groups excluding carboxylic acids is 2.